The van der Waals surface area contributed by atoms with E-state index >= 15 is 0 Å². The number of benzene rings is 1. The molecule has 0 radical (unpaired) electrons. The highest BCUT2D eigenvalue weighted by Crippen LogP contribution is 2.26. The summed E-state index contributed by atoms with van der Waals surface area (Å²) in [7, 11) is 1.91. The van der Waals surface area contributed by atoms with E-state index in [1.54, 1.807) is 6.07 Å². The third-order valence-corrected chi connectivity index (χ3v) is 4.40. The number of halogens is 2. The fraction of sp³-hybridized carbons (Fsp3) is 0.286. The van der Waals surface area contributed by atoms with Gasteiger partial charge in [-0.1, -0.05) is 0 Å². The van der Waals surface area contributed by atoms with Crippen molar-refractivity contribution >= 4 is 32.9 Å². The first-order valence-corrected chi connectivity index (χ1v) is 7.27. The van der Waals surface area contributed by atoms with Crippen molar-refractivity contribution in [2.75, 3.05) is 5.73 Å². The quantitative estimate of drug-likeness (QED) is 0.772. The molecule has 3 rings (SSSR count). The van der Waals surface area contributed by atoms with Crippen LogP contribution in [0.5, 0.6) is 0 Å². The summed E-state index contributed by atoms with van der Waals surface area (Å²) in [5.74, 6) is 0.0195. The van der Waals surface area contributed by atoms with Crippen LogP contribution in [0, 0.1) is 19.7 Å². The van der Waals surface area contributed by atoms with E-state index < -0.39 is 0 Å². The molecule has 0 amide bonds. The summed E-state index contributed by atoms with van der Waals surface area (Å²) in [4.78, 5) is 4.23. The van der Waals surface area contributed by atoms with Gasteiger partial charge in [0.05, 0.1) is 27.7 Å². The molecular weight excluding hydrogens is 337 g/mol. The van der Waals surface area contributed by atoms with E-state index in [2.05, 4.69) is 26.0 Å². The topological polar surface area (TPSA) is 61.7 Å². The van der Waals surface area contributed by atoms with E-state index in [-0.39, 0.29) is 5.82 Å². The van der Waals surface area contributed by atoms with Gasteiger partial charge in [0.2, 0.25) is 5.95 Å². The fourth-order valence-electron chi connectivity index (χ4n) is 2.51. The number of rotatable bonds is 2. The molecule has 7 heteroatoms. The van der Waals surface area contributed by atoms with E-state index in [4.69, 9.17) is 5.73 Å². The summed E-state index contributed by atoms with van der Waals surface area (Å²) in [6.07, 6.45) is 0. The first-order valence-electron chi connectivity index (χ1n) is 6.48. The second-order valence-corrected chi connectivity index (χ2v) is 5.94. The number of nitrogens with two attached hydrogens (primary N) is 1. The zero-order valence-corrected chi connectivity index (χ0v) is 13.6. The molecule has 21 heavy (non-hydrogen) atoms. The summed E-state index contributed by atoms with van der Waals surface area (Å²) in [6, 6.07) is 3.09. The van der Waals surface area contributed by atoms with Crippen LogP contribution in [0.2, 0.25) is 0 Å². The molecule has 0 saturated heterocycles. The molecule has 2 N–H and O–H groups in total. The molecule has 0 atom stereocenters. The Hall–Kier alpha value is -1.89. The molecule has 0 aliphatic heterocycles. The molecular formula is C14H15BrFN5. The fourth-order valence-corrected chi connectivity index (χ4v) is 2.84. The van der Waals surface area contributed by atoms with Gasteiger partial charge in [0.25, 0.3) is 0 Å². The molecule has 0 aliphatic rings. The number of nitrogens with zero attached hydrogens (tertiary/aromatic N) is 4. The van der Waals surface area contributed by atoms with E-state index in [0.717, 1.165) is 22.5 Å². The molecule has 0 saturated carbocycles. The van der Waals surface area contributed by atoms with Crippen molar-refractivity contribution < 1.29 is 4.39 Å². The van der Waals surface area contributed by atoms with Crippen LogP contribution >= 0.6 is 15.9 Å². The molecule has 0 bridgehead atoms. The second kappa shape index (κ2) is 4.84. The van der Waals surface area contributed by atoms with E-state index in [0.29, 0.717) is 22.5 Å². The lowest BCUT2D eigenvalue weighted by Gasteiger charge is -2.07. The average molecular weight is 352 g/mol. The molecule has 0 aliphatic carbocycles. The van der Waals surface area contributed by atoms with Crippen LogP contribution in [-0.2, 0) is 13.6 Å². The highest BCUT2D eigenvalue weighted by Gasteiger charge is 2.15. The molecule has 3 aromatic rings. The van der Waals surface area contributed by atoms with Gasteiger partial charge in [0.15, 0.2) is 0 Å². The van der Waals surface area contributed by atoms with Gasteiger partial charge in [-0.2, -0.15) is 5.10 Å². The Kier molecular flexibility index (Phi) is 3.24. The Bertz CT molecular complexity index is 849. The smallest absolute Gasteiger partial charge is 0.201 e. The number of nitrogen functional groups attached to an aromatic ring is 1. The van der Waals surface area contributed by atoms with Gasteiger partial charge in [-0.15, -0.1) is 0 Å². The molecule has 0 fully saturated rings. The normalized spacial score (nSPS) is 11.5. The third kappa shape index (κ3) is 2.21. The first kappa shape index (κ1) is 14.1. The summed E-state index contributed by atoms with van der Waals surface area (Å²) < 4.78 is 17.7. The first-order chi connectivity index (χ1) is 9.88. The number of hydrogen-bond acceptors (Lipinski definition) is 3. The summed E-state index contributed by atoms with van der Waals surface area (Å²) in [6.45, 7) is 4.54. The molecule has 0 spiro atoms. The third-order valence-electron chi connectivity index (χ3n) is 3.79. The van der Waals surface area contributed by atoms with E-state index in [1.165, 1.54) is 6.07 Å². The Balaban J connectivity index is 2.16. The van der Waals surface area contributed by atoms with Crippen LogP contribution < -0.4 is 5.73 Å². The lowest BCUT2D eigenvalue weighted by Crippen LogP contribution is -2.06. The molecule has 110 valence electrons. The predicted molar refractivity (Wildman–Crippen MR) is 83.6 cm³/mol. The maximum Gasteiger partial charge on any atom is 0.201 e. The van der Waals surface area contributed by atoms with Gasteiger partial charge in [-0.25, -0.2) is 9.37 Å². The maximum absolute atomic E-state index is 13.6. The highest BCUT2D eigenvalue weighted by molar-refractivity contribution is 9.10. The largest absolute Gasteiger partial charge is 0.369 e. The van der Waals surface area contributed by atoms with Crippen LogP contribution in [0.1, 0.15) is 17.0 Å². The van der Waals surface area contributed by atoms with Gasteiger partial charge >= 0.3 is 0 Å². The Labute approximate surface area is 129 Å². The van der Waals surface area contributed by atoms with Crippen molar-refractivity contribution in [3.8, 4) is 0 Å². The second-order valence-electron chi connectivity index (χ2n) is 5.08. The SMILES string of the molecule is Cc1nn(C)c(C)c1Cn1c(N)nc2cc(F)c(Br)cc21. The lowest BCUT2D eigenvalue weighted by molar-refractivity contribution is 0.622. The number of fused-ring (bicyclic) bond motifs is 1. The minimum atomic E-state index is -0.346. The standard InChI is InChI=1S/C14H15BrFN5/c1-7-9(8(2)20(3)19-7)6-21-13-4-10(15)11(16)5-12(13)18-14(21)17/h4-5H,6H2,1-3H3,(H2,17,18). The van der Waals surface area contributed by atoms with Crippen LogP contribution in [-0.4, -0.2) is 19.3 Å². The molecule has 0 unspecified atom stereocenters. The summed E-state index contributed by atoms with van der Waals surface area (Å²) in [5.41, 5.74) is 10.5. The van der Waals surface area contributed by atoms with Crippen LogP contribution in [0.4, 0.5) is 10.3 Å². The molecule has 2 aromatic heterocycles. The van der Waals surface area contributed by atoms with Gasteiger partial charge in [-0.05, 0) is 35.8 Å². The number of hydrogen-bond donors (Lipinski definition) is 1. The Morgan fingerprint density at radius 3 is 2.67 bits per heavy atom. The van der Waals surface area contributed by atoms with E-state index in [1.807, 2.05) is 30.1 Å². The van der Waals surface area contributed by atoms with Crippen molar-refractivity contribution in [1.82, 2.24) is 19.3 Å². The average Bonchev–Trinajstić information content (AvgIpc) is 2.83. The van der Waals surface area contributed by atoms with Crippen molar-refractivity contribution in [2.24, 2.45) is 7.05 Å². The zero-order valence-electron chi connectivity index (χ0n) is 12.0. The predicted octanol–water partition coefficient (Wildman–Crippen LogP) is 2.92. The van der Waals surface area contributed by atoms with E-state index in [9.17, 15) is 4.39 Å². The van der Waals surface area contributed by atoms with Crippen LogP contribution in [0.3, 0.4) is 0 Å². The number of aromatic nitrogens is 4. The summed E-state index contributed by atoms with van der Waals surface area (Å²) >= 11 is 3.20. The lowest BCUT2D eigenvalue weighted by atomic mass is 10.2. The minimum absolute atomic E-state index is 0.346. The summed E-state index contributed by atoms with van der Waals surface area (Å²) in [5, 5.41) is 4.41. The Morgan fingerprint density at radius 2 is 2.05 bits per heavy atom. The molecule has 1 aromatic carbocycles. The van der Waals surface area contributed by atoms with Crippen molar-refractivity contribution in [3.05, 3.63) is 39.4 Å². The number of imidazole rings is 1. The zero-order chi connectivity index (χ0) is 15.3. The van der Waals surface area contributed by atoms with Gasteiger partial charge in [-0.3, -0.25) is 4.68 Å². The van der Waals surface area contributed by atoms with Gasteiger partial charge in [0, 0.05) is 24.4 Å². The van der Waals surface area contributed by atoms with Gasteiger partial charge in [0.1, 0.15) is 5.82 Å². The Morgan fingerprint density at radius 1 is 1.33 bits per heavy atom. The van der Waals surface area contributed by atoms with Gasteiger partial charge < -0.3 is 10.3 Å². The van der Waals surface area contributed by atoms with Crippen molar-refractivity contribution in [2.45, 2.75) is 20.4 Å². The minimum Gasteiger partial charge on any atom is -0.369 e. The molecule has 2 heterocycles. The number of anilines is 1. The van der Waals surface area contributed by atoms with Crippen LogP contribution in [0.25, 0.3) is 11.0 Å². The van der Waals surface area contributed by atoms with Crippen molar-refractivity contribution in [3.63, 3.8) is 0 Å². The molecule has 5 nitrogen and oxygen atoms in total. The monoisotopic (exact) mass is 351 g/mol. The maximum atomic E-state index is 13.6. The van der Waals surface area contributed by atoms with Crippen molar-refractivity contribution in [1.29, 1.82) is 0 Å². The van der Waals surface area contributed by atoms with Crippen LogP contribution in [0.15, 0.2) is 16.6 Å². The number of aryl methyl sites for hydroxylation is 2. The highest BCUT2D eigenvalue weighted by atomic mass is 79.9.